The monoisotopic (exact) mass is 447 g/mol. The molecule has 4 rings (SSSR count). The molecule has 0 spiro atoms. The lowest BCUT2D eigenvalue weighted by atomic mass is 9.69. The molecule has 1 aliphatic heterocycles. The van der Waals surface area contributed by atoms with Crippen molar-refractivity contribution in [2.75, 3.05) is 4.90 Å². The normalized spacial score (nSPS) is 21.4. The lowest BCUT2D eigenvalue weighted by Crippen LogP contribution is -2.43. The Labute approximate surface area is 185 Å². The molecule has 0 fully saturated rings. The Morgan fingerprint density at radius 1 is 0.931 bits per heavy atom. The molecule has 1 aliphatic carbocycles. The van der Waals surface area contributed by atoms with Crippen LogP contribution in [0.15, 0.2) is 53.7 Å². The van der Waals surface area contributed by atoms with Crippen LogP contribution in [0.3, 0.4) is 0 Å². The first-order valence-electron chi connectivity index (χ1n) is 9.46. The van der Waals surface area contributed by atoms with Gasteiger partial charge in [0, 0.05) is 35.1 Å². The summed E-state index contributed by atoms with van der Waals surface area (Å²) < 4.78 is 0. The van der Waals surface area contributed by atoms with Gasteiger partial charge >= 0.3 is 0 Å². The SMILES string of the molecule is CC1(C)CC(=O)C2=C(C1)N(c1ccc(Cl)c(Cl)c1)C(=O)CC2c1ccccc1Cl. The highest BCUT2D eigenvalue weighted by Gasteiger charge is 2.44. The topological polar surface area (TPSA) is 37.4 Å². The number of carbonyl (C=O) groups is 2. The van der Waals surface area contributed by atoms with Crippen molar-refractivity contribution in [3.05, 3.63) is 74.4 Å². The van der Waals surface area contributed by atoms with E-state index in [1.165, 1.54) is 0 Å². The number of hydrogen-bond acceptors (Lipinski definition) is 2. The summed E-state index contributed by atoms with van der Waals surface area (Å²) in [6.07, 6.45) is 1.23. The summed E-state index contributed by atoms with van der Waals surface area (Å²) in [6.45, 7) is 4.09. The maximum Gasteiger partial charge on any atom is 0.232 e. The summed E-state index contributed by atoms with van der Waals surface area (Å²) in [5, 5.41) is 1.36. The van der Waals surface area contributed by atoms with Gasteiger partial charge in [0.15, 0.2) is 5.78 Å². The van der Waals surface area contributed by atoms with E-state index in [9.17, 15) is 9.59 Å². The smallest absolute Gasteiger partial charge is 0.232 e. The van der Waals surface area contributed by atoms with Crippen LogP contribution >= 0.6 is 34.8 Å². The predicted octanol–water partition coefficient (Wildman–Crippen LogP) is 6.81. The first-order chi connectivity index (χ1) is 13.7. The first kappa shape index (κ1) is 20.5. The molecule has 0 saturated heterocycles. The third-order valence-corrected chi connectivity index (χ3v) is 6.67. The van der Waals surface area contributed by atoms with Gasteiger partial charge in [0.2, 0.25) is 5.91 Å². The van der Waals surface area contributed by atoms with Crippen LogP contribution in [0.25, 0.3) is 0 Å². The summed E-state index contributed by atoms with van der Waals surface area (Å²) in [4.78, 5) is 28.2. The van der Waals surface area contributed by atoms with Crippen molar-refractivity contribution in [2.24, 2.45) is 5.41 Å². The van der Waals surface area contributed by atoms with E-state index in [0.717, 1.165) is 11.3 Å². The van der Waals surface area contributed by atoms with Crippen molar-refractivity contribution >= 4 is 52.2 Å². The number of halogens is 3. The van der Waals surface area contributed by atoms with E-state index in [1.54, 1.807) is 29.2 Å². The Morgan fingerprint density at radius 2 is 1.66 bits per heavy atom. The molecule has 29 heavy (non-hydrogen) atoms. The minimum absolute atomic E-state index is 0.0683. The van der Waals surface area contributed by atoms with E-state index in [0.29, 0.717) is 39.2 Å². The molecule has 1 amide bonds. The number of allylic oxidation sites excluding steroid dienone is 2. The third-order valence-electron chi connectivity index (χ3n) is 5.58. The second kappa shape index (κ2) is 7.46. The highest BCUT2D eigenvalue weighted by molar-refractivity contribution is 6.42. The Bertz CT molecular complexity index is 1060. The van der Waals surface area contributed by atoms with Crippen molar-refractivity contribution < 1.29 is 9.59 Å². The Balaban J connectivity index is 1.92. The van der Waals surface area contributed by atoms with Crippen molar-refractivity contribution in [1.29, 1.82) is 0 Å². The number of rotatable bonds is 2. The number of Topliss-reactive ketones (excluding diaryl/α,β-unsaturated/α-hetero) is 1. The number of hydrogen-bond donors (Lipinski definition) is 0. The number of benzene rings is 2. The number of amides is 1. The van der Waals surface area contributed by atoms with Crippen LogP contribution in [0, 0.1) is 5.41 Å². The fourth-order valence-electron chi connectivity index (χ4n) is 4.36. The molecule has 0 radical (unpaired) electrons. The van der Waals surface area contributed by atoms with Crippen LogP contribution in [-0.4, -0.2) is 11.7 Å². The van der Waals surface area contributed by atoms with E-state index in [-0.39, 0.29) is 29.4 Å². The summed E-state index contributed by atoms with van der Waals surface area (Å²) >= 11 is 18.7. The molecule has 150 valence electrons. The van der Waals surface area contributed by atoms with Gasteiger partial charge in [-0.05, 0) is 41.7 Å². The largest absolute Gasteiger partial charge is 0.294 e. The number of ketones is 1. The van der Waals surface area contributed by atoms with Crippen LogP contribution in [-0.2, 0) is 9.59 Å². The van der Waals surface area contributed by atoms with Gasteiger partial charge in [-0.2, -0.15) is 0 Å². The molecule has 0 aromatic heterocycles. The van der Waals surface area contributed by atoms with Gasteiger partial charge in [0.05, 0.1) is 15.7 Å². The van der Waals surface area contributed by atoms with Gasteiger partial charge < -0.3 is 0 Å². The zero-order valence-corrected chi connectivity index (χ0v) is 18.4. The van der Waals surface area contributed by atoms with Crippen LogP contribution in [0.2, 0.25) is 15.1 Å². The predicted molar refractivity (Wildman–Crippen MR) is 118 cm³/mol. The molecule has 2 aromatic rings. The van der Waals surface area contributed by atoms with Crippen LogP contribution in [0.4, 0.5) is 5.69 Å². The maximum absolute atomic E-state index is 13.3. The van der Waals surface area contributed by atoms with Crippen molar-refractivity contribution in [2.45, 2.75) is 39.0 Å². The van der Waals surface area contributed by atoms with E-state index < -0.39 is 0 Å². The van der Waals surface area contributed by atoms with E-state index in [1.807, 2.05) is 32.0 Å². The average Bonchev–Trinajstić information content (AvgIpc) is 2.63. The summed E-state index contributed by atoms with van der Waals surface area (Å²) in [7, 11) is 0. The van der Waals surface area contributed by atoms with Crippen molar-refractivity contribution in [3.8, 4) is 0 Å². The average molecular weight is 449 g/mol. The fourth-order valence-corrected chi connectivity index (χ4v) is 4.92. The Morgan fingerprint density at radius 3 is 2.34 bits per heavy atom. The lowest BCUT2D eigenvalue weighted by molar-refractivity contribution is -0.121. The van der Waals surface area contributed by atoms with Crippen LogP contribution < -0.4 is 4.90 Å². The molecule has 1 unspecified atom stereocenters. The summed E-state index contributed by atoms with van der Waals surface area (Å²) in [5.74, 6) is -0.356. The van der Waals surface area contributed by atoms with Gasteiger partial charge in [-0.25, -0.2) is 0 Å². The molecule has 0 bridgehead atoms. The second-order valence-corrected chi connectivity index (χ2v) is 9.63. The van der Waals surface area contributed by atoms with E-state index >= 15 is 0 Å². The summed E-state index contributed by atoms with van der Waals surface area (Å²) in [5.41, 5.74) is 2.62. The molecule has 0 N–H and O–H groups in total. The first-order valence-corrected chi connectivity index (χ1v) is 10.6. The maximum atomic E-state index is 13.3. The Kier molecular flexibility index (Phi) is 5.27. The van der Waals surface area contributed by atoms with Gasteiger partial charge in [0.1, 0.15) is 0 Å². The summed E-state index contributed by atoms with van der Waals surface area (Å²) in [6, 6.07) is 12.5. The van der Waals surface area contributed by atoms with Gasteiger partial charge in [-0.3, -0.25) is 14.5 Å². The third kappa shape index (κ3) is 3.72. The zero-order chi connectivity index (χ0) is 20.9. The van der Waals surface area contributed by atoms with Gasteiger partial charge in [0.25, 0.3) is 0 Å². The standard InChI is InChI=1S/C23H20Cl3NO2/c1-23(2)11-19-22(20(28)12-23)15(14-5-3-4-6-16(14)24)10-21(29)27(19)13-7-8-17(25)18(26)9-13/h3-9,15H,10-12H2,1-2H3. The molecule has 6 heteroatoms. The lowest BCUT2D eigenvalue weighted by Gasteiger charge is -2.43. The fraction of sp³-hybridized carbons (Fsp3) is 0.304. The molecular weight excluding hydrogens is 429 g/mol. The van der Waals surface area contributed by atoms with Crippen molar-refractivity contribution in [3.63, 3.8) is 0 Å². The number of nitrogens with zero attached hydrogens (tertiary/aromatic N) is 1. The highest BCUT2D eigenvalue weighted by Crippen LogP contribution is 2.49. The highest BCUT2D eigenvalue weighted by atomic mass is 35.5. The molecule has 3 nitrogen and oxygen atoms in total. The van der Waals surface area contributed by atoms with Gasteiger partial charge in [-0.1, -0.05) is 66.8 Å². The van der Waals surface area contributed by atoms with E-state index in [4.69, 9.17) is 34.8 Å². The molecule has 1 atom stereocenters. The second-order valence-electron chi connectivity index (χ2n) is 8.41. The molecule has 2 aliphatic rings. The van der Waals surface area contributed by atoms with Gasteiger partial charge in [-0.15, -0.1) is 0 Å². The number of carbonyl (C=O) groups excluding carboxylic acids is 2. The van der Waals surface area contributed by atoms with Crippen molar-refractivity contribution in [1.82, 2.24) is 0 Å². The minimum Gasteiger partial charge on any atom is -0.294 e. The number of anilines is 1. The molecular formula is C23H20Cl3NO2. The zero-order valence-electron chi connectivity index (χ0n) is 16.1. The van der Waals surface area contributed by atoms with E-state index in [2.05, 4.69) is 0 Å². The minimum atomic E-state index is -0.339. The molecule has 0 saturated carbocycles. The quantitative estimate of drug-likeness (QED) is 0.506. The Hall–Kier alpha value is -1.81. The molecule has 2 aromatic carbocycles. The molecule has 1 heterocycles. The van der Waals surface area contributed by atoms with Crippen LogP contribution in [0.5, 0.6) is 0 Å². The van der Waals surface area contributed by atoms with Crippen LogP contribution in [0.1, 0.15) is 44.6 Å².